The van der Waals surface area contributed by atoms with E-state index < -0.39 is 0 Å². The molecule has 4 rings (SSSR count). The lowest BCUT2D eigenvalue weighted by atomic mass is 10.0. The van der Waals surface area contributed by atoms with E-state index in [1.807, 2.05) is 47.3 Å². The van der Waals surface area contributed by atoms with Crippen molar-refractivity contribution in [1.29, 1.82) is 0 Å². The molecule has 1 fully saturated rings. The summed E-state index contributed by atoms with van der Waals surface area (Å²) in [5.41, 5.74) is 6.09. The van der Waals surface area contributed by atoms with Gasteiger partial charge in [-0.05, 0) is 43.7 Å². The van der Waals surface area contributed by atoms with Gasteiger partial charge in [0.05, 0.1) is 10.6 Å². The SMILES string of the molecule is Cc1ccc(C)c(-c2nn(-c3ccccc3)cc2/C=C2/SC(=S)N(C)C2=O)c1. The Morgan fingerprint density at radius 2 is 1.86 bits per heavy atom. The van der Waals surface area contributed by atoms with E-state index in [2.05, 4.69) is 32.0 Å². The Bertz CT molecular complexity index is 1120. The molecule has 1 saturated heterocycles. The highest BCUT2D eigenvalue weighted by Gasteiger charge is 2.29. The van der Waals surface area contributed by atoms with Crippen LogP contribution in [0.25, 0.3) is 23.0 Å². The van der Waals surface area contributed by atoms with Gasteiger partial charge in [0.25, 0.3) is 5.91 Å². The molecule has 6 heteroatoms. The number of amides is 1. The number of likely N-dealkylation sites (N-methyl/N-ethyl adjacent to an activating group) is 1. The van der Waals surface area contributed by atoms with Gasteiger partial charge in [0.15, 0.2) is 0 Å². The van der Waals surface area contributed by atoms with Crippen LogP contribution in [0.3, 0.4) is 0 Å². The number of rotatable bonds is 3. The van der Waals surface area contributed by atoms with Crippen LogP contribution in [0.1, 0.15) is 16.7 Å². The molecule has 0 bridgehead atoms. The Morgan fingerprint density at radius 1 is 1.11 bits per heavy atom. The van der Waals surface area contributed by atoms with Gasteiger partial charge in [0, 0.05) is 24.4 Å². The number of aromatic nitrogens is 2. The lowest BCUT2D eigenvalue weighted by Crippen LogP contribution is -2.22. The average Bonchev–Trinajstić information content (AvgIpc) is 3.21. The van der Waals surface area contributed by atoms with Crippen LogP contribution in [-0.2, 0) is 4.79 Å². The molecule has 0 N–H and O–H groups in total. The maximum Gasteiger partial charge on any atom is 0.265 e. The molecule has 2 aromatic carbocycles. The van der Waals surface area contributed by atoms with Crippen molar-refractivity contribution in [3.63, 3.8) is 0 Å². The topological polar surface area (TPSA) is 38.1 Å². The number of benzene rings is 2. The summed E-state index contributed by atoms with van der Waals surface area (Å²) in [5, 5.41) is 4.86. The first kappa shape index (κ1) is 18.7. The molecule has 0 spiro atoms. The molecule has 140 valence electrons. The molecule has 2 heterocycles. The van der Waals surface area contributed by atoms with Crippen molar-refractivity contribution in [3.05, 3.63) is 76.3 Å². The van der Waals surface area contributed by atoms with Crippen LogP contribution in [0, 0.1) is 13.8 Å². The quantitative estimate of drug-likeness (QED) is 0.455. The predicted molar refractivity (Wildman–Crippen MR) is 119 cm³/mol. The highest BCUT2D eigenvalue weighted by atomic mass is 32.2. The minimum Gasteiger partial charge on any atom is -0.296 e. The number of hydrogen-bond donors (Lipinski definition) is 0. The maximum atomic E-state index is 12.5. The lowest BCUT2D eigenvalue weighted by molar-refractivity contribution is -0.121. The van der Waals surface area contributed by atoms with Crippen LogP contribution < -0.4 is 0 Å². The lowest BCUT2D eigenvalue weighted by Gasteiger charge is -2.06. The Kier molecular flexibility index (Phi) is 4.91. The zero-order valence-corrected chi connectivity index (χ0v) is 17.5. The van der Waals surface area contributed by atoms with E-state index in [1.54, 1.807) is 7.05 Å². The van der Waals surface area contributed by atoms with Crippen molar-refractivity contribution in [3.8, 4) is 16.9 Å². The molecule has 3 aromatic rings. The first-order chi connectivity index (χ1) is 13.4. The summed E-state index contributed by atoms with van der Waals surface area (Å²) in [6.07, 6.45) is 3.86. The fourth-order valence-corrected chi connectivity index (χ4v) is 4.26. The first-order valence-corrected chi connectivity index (χ1v) is 10.1. The molecular weight excluding hydrogens is 386 g/mol. The van der Waals surface area contributed by atoms with E-state index in [-0.39, 0.29) is 5.91 Å². The van der Waals surface area contributed by atoms with Gasteiger partial charge in [-0.2, -0.15) is 5.10 Å². The van der Waals surface area contributed by atoms with Crippen molar-refractivity contribution in [2.24, 2.45) is 0 Å². The number of para-hydroxylation sites is 1. The standard InChI is InChI=1S/C22H19N3OS2/c1-14-9-10-15(2)18(11-14)20-16(12-19-21(26)24(3)22(27)28-19)13-25(23-20)17-7-5-4-6-8-17/h4-13H,1-3H3/b19-12+. The van der Waals surface area contributed by atoms with Crippen LogP contribution in [0.2, 0.25) is 0 Å². The first-order valence-electron chi connectivity index (χ1n) is 8.88. The molecule has 1 amide bonds. The Morgan fingerprint density at radius 3 is 2.54 bits per heavy atom. The fraction of sp³-hybridized carbons (Fsp3) is 0.136. The van der Waals surface area contributed by atoms with Crippen molar-refractivity contribution in [1.82, 2.24) is 14.7 Å². The zero-order valence-electron chi connectivity index (χ0n) is 15.8. The normalized spacial score (nSPS) is 15.7. The summed E-state index contributed by atoms with van der Waals surface area (Å²) in [4.78, 5) is 14.6. The number of carbonyl (C=O) groups is 1. The summed E-state index contributed by atoms with van der Waals surface area (Å²) >= 11 is 6.59. The van der Waals surface area contributed by atoms with Gasteiger partial charge in [-0.15, -0.1) is 0 Å². The molecule has 0 unspecified atom stereocenters. The Balaban J connectivity index is 1.89. The minimum atomic E-state index is -0.0747. The minimum absolute atomic E-state index is 0.0747. The second-order valence-corrected chi connectivity index (χ2v) is 8.45. The largest absolute Gasteiger partial charge is 0.296 e. The summed E-state index contributed by atoms with van der Waals surface area (Å²) in [6.45, 7) is 4.14. The molecule has 1 aromatic heterocycles. The number of thiocarbonyl (C=S) groups is 1. The van der Waals surface area contributed by atoms with Gasteiger partial charge >= 0.3 is 0 Å². The third kappa shape index (κ3) is 3.41. The van der Waals surface area contributed by atoms with E-state index in [4.69, 9.17) is 17.3 Å². The summed E-state index contributed by atoms with van der Waals surface area (Å²) < 4.78 is 2.43. The van der Waals surface area contributed by atoms with E-state index in [0.29, 0.717) is 9.23 Å². The van der Waals surface area contributed by atoms with Crippen LogP contribution in [0.4, 0.5) is 0 Å². The molecule has 0 saturated carbocycles. The third-order valence-corrected chi connectivity index (χ3v) is 6.17. The van der Waals surface area contributed by atoms with Crippen molar-refractivity contribution in [2.75, 3.05) is 7.05 Å². The van der Waals surface area contributed by atoms with Crippen molar-refractivity contribution < 1.29 is 4.79 Å². The third-order valence-electron chi connectivity index (χ3n) is 4.68. The number of thioether (sulfide) groups is 1. The van der Waals surface area contributed by atoms with Gasteiger partial charge in [-0.1, -0.05) is 59.9 Å². The number of aryl methyl sites for hydroxylation is 2. The molecule has 0 atom stereocenters. The van der Waals surface area contributed by atoms with Gasteiger partial charge in [0.2, 0.25) is 0 Å². The van der Waals surface area contributed by atoms with Crippen LogP contribution in [-0.4, -0.2) is 32.0 Å². The summed E-state index contributed by atoms with van der Waals surface area (Å²) in [7, 11) is 1.71. The second-order valence-electron chi connectivity index (χ2n) is 6.77. The highest BCUT2D eigenvalue weighted by molar-refractivity contribution is 8.26. The average molecular weight is 406 g/mol. The summed E-state index contributed by atoms with van der Waals surface area (Å²) in [6, 6.07) is 16.3. The van der Waals surface area contributed by atoms with Crippen LogP contribution in [0.5, 0.6) is 0 Å². The van der Waals surface area contributed by atoms with Crippen LogP contribution >= 0.6 is 24.0 Å². The van der Waals surface area contributed by atoms with Crippen LogP contribution in [0.15, 0.2) is 59.6 Å². The van der Waals surface area contributed by atoms with Gasteiger partial charge in [0.1, 0.15) is 10.0 Å². The second kappa shape index (κ2) is 7.37. The summed E-state index contributed by atoms with van der Waals surface area (Å²) in [5.74, 6) is -0.0747. The van der Waals surface area contributed by atoms with Gasteiger partial charge < -0.3 is 0 Å². The molecular formula is C22H19N3OS2. The molecule has 4 nitrogen and oxygen atoms in total. The molecule has 1 aliphatic rings. The molecule has 1 aliphatic heterocycles. The molecule has 0 aliphatic carbocycles. The highest BCUT2D eigenvalue weighted by Crippen LogP contribution is 2.35. The maximum absolute atomic E-state index is 12.5. The monoisotopic (exact) mass is 405 g/mol. The van der Waals surface area contributed by atoms with Gasteiger partial charge in [-0.3, -0.25) is 9.69 Å². The molecule has 28 heavy (non-hydrogen) atoms. The van der Waals surface area contributed by atoms with E-state index in [1.165, 1.54) is 22.2 Å². The Labute approximate surface area is 173 Å². The van der Waals surface area contributed by atoms with Crippen molar-refractivity contribution >= 4 is 40.3 Å². The zero-order chi connectivity index (χ0) is 19.8. The van der Waals surface area contributed by atoms with Gasteiger partial charge in [-0.25, -0.2) is 4.68 Å². The Hall–Kier alpha value is -2.70. The van der Waals surface area contributed by atoms with E-state index in [0.717, 1.165) is 28.1 Å². The smallest absolute Gasteiger partial charge is 0.265 e. The fourth-order valence-electron chi connectivity index (χ4n) is 3.09. The number of nitrogens with zero attached hydrogens (tertiary/aromatic N) is 3. The number of hydrogen-bond acceptors (Lipinski definition) is 4. The molecule has 0 radical (unpaired) electrons. The van der Waals surface area contributed by atoms with Crippen molar-refractivity contribution in [2.45, 2.75) is 13.8 Å². The van der Waals surface area contributed by atoms with E-state index in [9.17, 15) is 4.79 Å². The van der Waals surface area contributed by atoms with E-state index >= 15 is 0 Å². The predicted octanol–water partition coefficient (Wildman–Crippen LogP) is 4.99. The number of carbonyl (C=O) groups excluding carboxylic acids is 1.